The van der Waals surface area contributed by atoms with Crippen molar-refractivity contribution in [3.05, 3.63) is 59.2 Å². The molecule has 22 heavy (non-hydrogen) atoms. The third-order valence-electron chi connectivity index (χ3n) is 2.95. The van der Waals surface area contributed by atoms with Crippen molar-refractivity contribution in [1.29, 1.82) is 0 Å². The molecule has 0 bridgehead atoms. The number of carbonyl (C=O) groups excluding carboxylic acids is 1. The molecular formula is C16H17NO4S. The van der Waals surface area contributed by atoms with Gasteiger partial charge in [0.2, 0.25) is 10.0 Å². The summed E-state index contributed by atoms with van der Waals surface area (Å²) in [6.07, 6.45) is 1.70. The van der Waals surface area contributed by atoms with Crippen molar-refractivity contribution in [2.75, 3.05) is 11.0 Å². The van der Waals surface area contributed by atoms with Crippen molar-refractivity contribution >= 4 is 22.0 Å². The van der Waals surface area contributed by atoms with Crippen molar-refractivity contribution in [3.8, 4) is 5.75 Å². The van der Waals surface area contributed by atoms with E-state index in [1.54, 1.807) is 12.1 Å². The van der Waals surface area contributed by atoms with Crippen LogP contribution in [0.25, 0.3) is 0 Å². The van der Waals surface area contributed by atoms with Gasteiger partial charge < -0.3 is 4.74 Å². The van der Waals surface area contributed by atoms with Crippen LogP contribution in [-0.4, -0.2) is 21.0 Å². The molecule has 2 aromatic rings. The Morgan fingerprint density at radius 2 is 1.82 bits per heavy atom. The number of benzene rings is 2. The molecule has 116 valence electrons. The Morgan fingerprint density at radius 1 is 1.14 bits per heavy atom. The summed E-state index contributed by atoms with van der Waals surface area (Å²) in [6, 6.07) is 12.4. The fourth-order valence-electron chi connectivity index (χ4n) is 1.87. The number of hydrogen-bond acceptors (Lipinski definition) is 4. The van der Waals surface area contributed by atoms with Crippen LogP contribution in [0.5, 0.6) is 5.75 Å². The van der Waals surface area contributed by atoms with E-state index in [1.165, 1.54) is 6.07 Å². The number of ether oxygens (including phenoxy) is 1. The largest absolute Gasteiger partial charge is 0.487 e. The first-order valence-electron chi connectivity index (χ1n) is 6.63. The topological polar surface area (TPSA) is 72.5 Å². The second-order valence-electron chi connectivity index (χ2n) is 5.02. The molecule has 6 heteroatoms. The molecule has 0 fully saturated rings. The van der Waals surface area contributed by atoms with E-state index in [2.05, 4.69) is 4.72 Å². The lowest BCUT2D eigenvalue weighted by Gasteiger charge is -2.13. The van der Waals surface area contributed by atoms with Gasteiger partial charge in [-0.1, -0.05) is 29.8 Å². The minimum atomic E-state index is -3.46. The van der Waals surface area contributed by atoms with Gasteiger partial charge in [-0.15, -0.1) is 0 Å². The van der Waals surface area contributed by atoms with Crippen LogP contribution < -0.4 is 9.46 Å². The van der Waals surface area contributed by atoms with Crippen LogP contribution in [0.3, 0.4) is 0 Å². The average molecular weight is 319 g/mol. The van der Waals surface area contributed by atoms with E-state index >= 15 is 0 Å². The van der Waals surface area contributed by atoms with Crippen LogP contribution >= 0.6 is 0 Å². The molecule has 0 heterocycles. The summed E-state index contributed by atoms with van der Waals surface area (Å²) < 4.78 is 30.8. The van der Waals surface area contributed by atoms with E-state index in [0.717, 1.165) is 17.4 Å². The number of aldehydes is 1. The fourth-order valence-corrected chi connectivity index (χ4v) is 2.43. The molecule has 0 saturated heterocycles. The third kappa shape index (κ3) is 4.60. The molecule has 2 rings (SSSR count). The molecular weight excluding hydrogens is 302 g/mol. The van der Waals surface area contributed by atoms with Gasteiger partial charge in [0.1, 0.15) is 18.6 Å². The highest BCUT2D eigenvalue weighted by Gasteiger charge is 2.10. The number of carbonyl (C=O) groups is 1. The van der Waals surface area contributed by atoms with Gasteiger partial charge in [0, 0.05) is 5.56 Å². The van der Waals surface area contributed by atoms with Crippen molar-refractivity contribution < 1.29 is 17.9 Å². The maximum absolute atomic E-state index is 11.4. The van der Waals surface area contributed by atoms with Crippen LogP contribution in [0.1, 0.15) is 21.5 Å². The summed E-state index contributed by atoms with van der Waals surface area (Å²) in [5, 5.41) is 0. The maximum Gasteiger partial charge on any atom is 0.229 e. The smallest absolute Gasteiger partial charge is 0.229 e. The molecule has 0 aliphatic heterocycles. The van der Waals surface area contributed by atoms with Gasteiger partial charge in [0.05, 0.1) is 11.9 Å². The molecule has 0 atom stereocenters. The summed E-state index contributed by atoms with van der Waals surface area (Å²) in [6.45, 7) is 2.30. The second-order valence-corrected chi connectivity index (χ2v) is 6.77. The van der Waals surface area contributed by atoms with Crippen LogP contribution in [0.4, 0.5) is 5.69 Å². The van der Waals surface area contributed by atoms with Gasteiger partial charge >= 0.3 is 0 Å². The van der Waals surface area contributed by atoms with Crippen molar-refractivity contribution in [3.63, 3.8) is 0 Å². The predicted octanol–water partition coefficient (Wildman–Crippen LogP) is 2.76. The van der Waals surface area contributed by atoms with Crippen LogP contribution in [0, 0.1) is 6.92 Å². The van der Waals surface area contributed by atoms with Gasteiger partial charge in [-0.2, -0.15) is 0 Å². The van der Waals surface area contributed by atoms with Gasteiger partial charge in [0.15, 0.2) is 0 Å². The molecule has 0 spiro atoms. The van der Waals surface area contributed by atoms with Crippen LogP contribution in [0.2, 0.25) is 0 Å². The lowest BCUT2D eigenvalue weighted by Crippen LogP contribution is -2.11. The van der Waals surface area contributed by atoms with Crippen molar-refractivity contribution in [1.82, 2.24) is 0 Å². The Labute approximate surface area is 130 Å². The number of aryl methyl sites for hydroxylation is 1. The number of hydrogen-bond donors (Lipinski definition) is 1. The van der Waals surface area contributed by atoms with Gasteiger partial charge in [-0.3, -0.25) is 9.52 Å². The Bertz CT molecular complexity index is 767. The normalized spacial score (nSPS) is 11.0. The van der Waals surface area contributed by atoms with Gasteiger partial charge in [-0.05, 0) is 30.7 Å². The number of nitrogens with one attached hydrogen (secondary N) is 1. The van der Waals surface area contributed by atoms with Crippen molar-refractivity contribution in [2.45, 2.75) is 13.5 Å². The fraction of sp³-hybridized carbons (Fsp3) is 0.188. The number of sulfonamides is 1. The first-order chi connectivity index (χ1) is 10.4. The SMILES string of the molecule is Cc1ccc(COc2ccc(C=O)cc2NS(C)(=O)=O)cc1. The van der Waals surface area contributed by atoms with E-state index < -0.39 is 10.0 Å². The minimum absolute atomic E-state index is 0.249. The highest BCUT2D eigenvalue weighted by atomic mass is 32.2. The first-order valence-corrected chi connectivity index (χ1v) is 8.52. The van der Waals surface area contributed by atoms with Gasteiger partial charge in [-0.25, -0.2) is 8.42 Å². The predicted molar refractivity (Wildman–Crippen MR) is 85.8 cm³/mol. The first kappa shape index (κ1) is 16.0. The van der Waals surface area contributed by atoms with Crippen LogP contribution in [-0.2, 0) is 16.6 Å². The number of rotatable bonds is 6. The Kier molecular flexibility index (Phi) is 4.82. The molecule has 0 aromatic heterocycles. The monoisotopic (exact) mass is 319 g/mol. The molecule has 0 amide bonds. The molecule has 0 radical (unpaired) electrons. The van der Waals surface area contributed by atoms with E-state index in [-0.39, 0.29) is 5.69 Å². The van der Waals surface area contributed by atoms with Gasteiger partial charge in [0.25, 0.3) is 0 Å². The van der Waals surface area contributed by atoms with Crippen LogP contribution in [0.15, 0.2) is 42.5 Å². The molecule has 1 N–H and O–H groups in total. The molecule has 2 aromatic carbocycles. The Morgan fingerprint density at radius 3 is 2.41 bits per heavy atom. The number of anilines is 1. The highest BCUT2D eigenvalue weighted by Crippen LogP contribution is 2.27. The summed E-state index contributed by atoms with van der Waals surface area (Å²) in [5.74, 6) is 0.372. The maximum atomic E-state index is 11.4. The third-order valence-corrected chi connectivity index (χ3v) is 3.54. The quantitative estimate of drug-likeness (QED) is 0.831. The molecule has 5 nitrogen and oxygen atoms in total. The zero-order valence-electron chi connectivity index (χ0n) is 12.4. The average Bonchev–Trinajstić information content (AvgIpc) is 2.46. The zero-order valence-corrected chi connectivity index (χ0v) is 13.2. The molecule has 0 aliphatic carbocycles. The standard InChI is InChI=1S/C16H17NO4S/c1-12-3-5-13(6-4-12)11-21-16-8-7-14(10-18)9-15(16)17-22(2,19)20/h3-10,17H,11H2,1-2H3. The summed E-state index contributed by atoms with van der Waals surface area (Å²) in [4.78, 5) is 10.8. The molecule has 0 saturated carbocycles. The van der Waals surface area contributed by atoms with E-state index in [0.29, 0.717) is 24.2 Å². The van der Waals surface area contributed by atoms with E-state index in [4.69, 9.17) is 4.74 Å². The van der Waals surface area contributed by atoms with Crippen molar-refractivity contribution in [2.24, 2.45) is 0 Å². The Hall–Kier alpha value is -2.34. The Balaban J connectivity index is 2.21. The second kappa shape index (κ2) is 6.62. The summed E-state index contributed by atoms with van der Waals surface area (Å²) in [5.41, 5.74) is 2.74. The summed E-state index contributed by atoms with van der Waals surface area (Å²) in [7, 11) is -3.46. The molecule has 0 aliphatic rings. The summed E-state index contributed by atoms with van der Waals surface area (Å²) >= 11 is 0. The lowest BCUT2D eigenvalue weighted by molar-refractivity contribution is 0.112. The molecule has 0 unspecified atom stereocenters. The minimum Gasteiger partial charge on any atom is -0.487 e. The lowest BCUT2D eigenvalue weighted by atomic mass is 10.1. The zero-order chi connectivity index (χ0) is 16.2. The van der Waals surface area contributed by atoms with E-state index in [1.807, 2.05) is 31.2 Å². The van der Waals surface area contributed by atoms with E-state index in [9.17, 15) is 13.2 Å². The highest BCUT2D eigenvalue weighted by molar-refractivity contribution is 7.92.